The molecule has 0 fully saturated rings. The minimum absolute atomic E-state index is 0.0553. The Kier molecular flexibility index (Phi) is 8.46. The van der Waals surface area contributed by atoms with E-state index in [1.807, 2.05) is 12.1 Å². The van der Waals surface area contributed by atoms with Gasteiger partial charge in [-0.1, -0.05) is 12.1 Å². The summed E-state index contributed by atoms with van der Waals surface area (Å²) in [7, 11) is -2.29. The molecular weight excluding hydrogens is 619 g/mol. The van der Waals surface area contributed by atoms with E-state index in [0.717, 1.165) is 22.2 Å². The number of halogens is 3. The van der Waals surface area contributed by atoms with Crippen molar-refractivity contribution in [2.24, 2.45) is 14.1 Å². The Hall–Kier alpha value is -5.06. The second-order valence-electron chi connectivity index (χ2n) is 9.71. The average Bonchev–Trinajstić information content (AvgIpc) is 3.48. The predicted octanol–water partition coefficient (Wildman–Crippen LogP) is 3.82. The van der Waals surface area contributed by atoms with Crippen LogP contribution < -0.4 is 16.2 Å². The Morgan fingerprint density at radius 1 is 0.800 bits per heavy atom. The van der Waals surface area contributed by atoms with E-state index in [0.29, 0.717) is 33.4 Å². The van der Waals surface area contributed by atoms with Gasteiger partial charge >= 0.3 is 27.0 Å². The lowest BCUT2D eigenvalue weighted by Gasteiger charge is -2.12. The molecule has 2 N–H and O–H groups in total. The van der Waals surface area contributed by atoms with Crippen LogP contribution in [0.25, 0.3) is 44.5 Å². The monoisotopic (exact) mass is 643 g/mol. The van der Waals surface area contributed by atoms with Gasteiger partial charge < -0.3 is 13.9 Å². The Balaban J connectivity index is 0.000000186. The summed E-state index contributed by atoms with van der Waals surface area (Å²) >= 11 is 0. The molecule has 0 atom stereocenters. The normalized spacial score (nSPS) is 12.0. The number of aryl methyl sites for hydroxylation is 2. The van der Waals surface area contributed by atoms with E-state index in [1.54, 1.807) is 49.8 Å². The van der Waals surface area contributed by atoms with E-state index in [9.17, 15) is 36.3 Å². The molecular formula is C29H24F3N5O7S. The second-order valence-corrected chi connectivity index (χ2v) is 11.5. The number of rotatable bonds is 6. The highest BCUT2D eigenvalue weighted by Crippen LogP contribution is 2.28. The minimum Gasteiger partial charge on any atom is -0.408 e. The van der Waals surface area contributed by atoms with Gasteiger partial charge in [-0.25, -0.2) is 22.7 Å². The number of nitrogens with one attached hydrogen (secondary N) is 1. The summed E-state index contributed by atoms with van der Waals surface area (Å²) in [6, 6.07) is 13.4. The first-order valence-electron chi connectivity index (χ1n) is 13.0. The first-order valence-corrected chi connectivity index (χ1v) is 14.5. The quantitative estimate of drug-likeness (QED) is 0.275. The van der Waals surface area contributed by atoms with Gasteiger partial charge in [0, 0.05) is 56.6 Å². The van der Waals surface area contributed by atoms with Gasteiger partial charge in [0.25, 0.3) is 0 Å². The van der Waals surface area contributed by atoms with Crippen molar-refractivity contribution in [3.63, 3.8) is 0 Å². The van der Waals surface area contributed by atoms with Crippen LogP contribution in [0.15, 0.2) is 91.7 Å². The van der Waals surface area contributed by atoms with Gasteiger partial charge in [0.1, 0.15) is 0 Å². The van der Waals surface area contributed by atoms with Crippen molar-refractivity contribution >= 4 is 32.2 Å². The van der Waals surface area contributed by atoms with Crippen molar-refractivity contribution in [3.05, 3.63) is 106 Å². The van der Waals surface area contributed by atoms with Crippen LogP contribution in [0.1, 0.15) is 11.1 Å². The van der Waals surface area contributed by atoms with Gasteiger partial charge in [-0.3, -0.25) is 19.1 Å². The highest BCUT2D eigenvalue weighted by Gasteiger charge is 2.45. The van der Waals surface area contributed by atoms with Crippen molar-refractivity contribution in [2.45, 2.75) is 18.7 Å². The fourth-order valence-corrected chi connectivity index (χ4v) is 5.01. The lowest BCUT2D eigenvalue weighted by atomic mass is 10.0. The van der Waals surface area contributed by atoms with Crippen LogP contribution in [0, 0.1) is 0 Å². The van der Waals surface area contributed by atoms with Crippen LogP contribution in [0.3, 0.4) is 0 Å². The molecule has 0 aliphatic carbocycles. The topological polar surface area (TPSA) is 162 Å². The summed E-state index contributed by atoms with van der Waals surface area (Å²) < 4.78 is 74.2. The number of hydrogen-bond acceptors (Lipinski definition) is 9. The van der Waals surface area contributed by atoms with Crippen LogP contribution >= 0.6 is 0 Å². The summed E-state index contributed by atoms with van der Waals surface area (Å²) in [6.45, 7) is -0.623. The Morgan fingerprint density at radius 2 is 1.27 bits per heavy atom. The molecule has 0 aliphatic heterocycles. The van der Waals surface area contributed by atoms with Crippen LogP contribution in [0.2, 0.25) is 0 Å². The maximum Gasteiger partial charge on any atom is 0.511 e. The summed E-state index contributed by atoms with van der Waals surface area (Å²) in [4.78, 5) is 31.0. The highest BCUT2D eigenvalue weighted by molar-refractivity contribution is 7.90. The summed E-state index contributed by atoms with van der Waals surface area (Å²) in [6.07, 6.45) is 6.08. The number of benzene rings is 2. The van der Waals surface area contributed by atoms with Crippen molar-refractivity contribution < 1.29 is 35.5 Å². The molecule has 2 aromatic carbocycles. The van der Waals surface area contributed by atoms with E-state index < -0.39 is 27.8 Å². The van der Waals surface area contributed by atoms with E-state index in [4.69, 9.17) is 8.83 Å². The minimum atomic E-state index is -5.46. The van der Waals surface area contributed by atoms with Crippen LogP contribution in [-0.4, -0.2) is 38.1 Å². The molecule has 45 heavy (non-hydrogen) atoms. The van der Waals surface area contributed by atoms with E-state index in [-0.39, 0.29) is 12.4 Å². The fraction of sp³-hybridized carbons (Fsp3) is 0.172. The molecule has 0 amide bonds. The van der Waals surface area contributed by atoms with Crippen LogP contribution in [-0.2, 0) is 37.3 Å². The highest BCUT2D eigenvalue weighted by atomic mass is 32.2. The van der Waals surface area contributed by atoms with Gasteiger partial charge in [-0.2, -0.15) is 13.2 Å². The van der Waals surface area contributed by atoms with Crippen molar-refractivity contribution in [2.75, 3.05) is 0 Å². The SMILES string of the molecule is Cn1c(=O)oc2ccc(-c3cnccc3CNS(=O)(=O)C(F)(F)F)cc21.Cn1c(=O)oc2ccc(-c3cnccc3CO)cc21. The zero-order chi connectivity index (χ0) is 32.5. The Labute approximate surface area is 252 Å². The molecule has 4 aromatic heterocycles. The predicted molar refractivity (Wildman–Crippen MR) is 157 cm³/mol. The molecule has 16 heteroatoms. The zero-order valence-corrected chi connectivity index (χ0v) is 24.4. The largest absolute Gasteiger partial charge is 0.511 e. The van der Waals surface area contributed by atoms with Crippen LogP contribution in [0.5, 0.6) is 0 Å². The number of oxazole rings is 2. The molecule has 6 aromatic rings. The van der Waals surface area contributed by atoms with E-state index in [2.05, 4.69) is 9.97 Å². The summed E-state index contributed by atoms with van der Waals surface area (Å²) in [5, 5.41) is 9.35. The number of pyridine rings is 2. The summed E-state index contributed by atoms with van der Waals surface area (Å²) in [5.41, 5.74) is 0.499. The van der Waals surface area contributed by atoms with Gasteiger partial charge in [-0.15, -0.1) is 0 Å². The van der Waals surface area contributed by atoms with E-state index in [1.165, 1.54) is 39.4 Å². The third kappa shape index (κ3) is 6.29. The van der Waals surface area contributed by atoms with E-state index >= 15 is 0 Å². The summed E-state index contributed by atoms with van der Waals surface area (Å²) in [5.74, 6) is -0.942. The molecule has 0 saturated heterocycles. The lowest BCUT2D eigenvalue weighted by Crippen LogP contribution is -2.36. The number of sulfonamides is 1. The third-order valence-electron chi connectivity index (χ3n) is 6.96. The number of alkyl halides is 3. The smallest absolute Gasteiger partial charge is 0.408 e. The number of hydrogen-bond donors (Lipinski definition) is 2. The first-order chi connectivity index (χ1) is 21.3. The standard InChI is InChI=1S/C15H12F3N3O4S.C14H12N2O3/c1-21-12-6-9(2-3-13(12)25-14(21)22)11-8-19-5-4-10(11)7-20-26(23,24)15(16,17)18;1-16-12-6-9(2-3-13(12)19-14(16)18)11-7-15-5-4-10(11)8-17/h2-6,8,20H,7H2,1H3;2-7,17H,8H2,1H3. The van der Waals surface area contributed by atoms with Crippen molar-refractivity contribution in [1.29, 1.82) is 0 Å². The average molecular weight is 644 g/mol. The molecule has 12 nitrogen and oxygen atoms in total. The van der Waals surface area contributed by atoms with Gasteiger partial charge in [0.05, 0.1) is 17.6 Å². The molecule has 4 heterocycles. The maximum absolute atomic E-state index is 12.5. The second kappa shape index (κ2) is 12.1. The molecule has 0 unspecified atom stereocenters. The molecule has 0 bridgehead atoms. The van der Waals surface area contributed by atoms with Crippen molar-refractivity contribution in [3.8, 4) is 22.3 Å². The number of fused-ring (bicyclic) bond motifs is 2. The Morgan fingerprint density at radius 3 is 1.73 bits per heavy atom. The third-order valence-corrected chi connectivity index (χ3v) is 8.09. The van der Waals surface area contributed by atoms with Gasteiger partial charge in [0.2, 0.25) is 0 Å². The number of aliphatic hydroxyl groups excluding tert-OH is 1. The zero-order valence-electron chi connectivity index (χ0n) is 23.6. The molecule has 0 aliphatic rings. The molecule has 0 spiro atoms. The maximum atomic E-state index is 12.5. The molecule has 0 radical (unpaired) electrons. The van der Waals surface area contributed by atoms with Crippen molar-refractivity contribution in [1.82, 2.24) is 23.8 Å². The lowest BCUT2D eigenvalue weighted by molar-refractivity contribution is -0.0448. The fourth-order valence-electron chi connectivity index (χ4n) is 4.50. The molecule has 234 valence electrons. The number of aliphatic hydroxyl groups is 1. The van der Waals surface area contributed by atoms with Gasteiger partial charge in [-0.05, 0) is 58.7 Å². The molecule has 0 saturated carbocycles. The molecule has 6 rings (SSSR count). The van der Waals surface area contributed by atoms with Crippen LogP contribution in [0.4, 0.5) is 13.2 Å². The Bertz CT molecular complexity index is 2250. The number of aromatic nitrogens is 4. The first kappa shape index (κ1) is 31.4. The van der Waals surface area contributed by atoms with Gasteiger partial charge in [0.15, 0.2) is 11.2 Å². The number of nitrogens with zero attached hydrogens (tertiary/aromatic N) is 4.